The predicted octanol–water partition coefficient (Wildman–Crippen LogP) is 2.36. The Morgan fingerprint density at radius 2 is 2.21 bits per heavy atom. The van der Waals surface area contributed by atoms with Gasteiger partial charge in [-0.1, -0.05) is 0 Å². The van der Waals surface area contributed by atoms with Gasteiger partial charge in [0.2, 0.25) is 0 Å². The number of hydrogen-bond donors (Lipinski definition) is 1. The molecule has 4 rings (SSSR count). The van der Waals surface area contributed by atoms with Gasteiger partial charge in [0.1, 0.15) is 16.3 Å². The van der Waals surface area contributed by atoms with Crippen LogP contribution in [0.15, 0.2) is 39.3 Å². The molecule has 0 saturated carbocycles. The van der Waals surface area contributed by atoms with E-state index in [1.807, 2.05) is 5.38 Å². The van der Waals surface area contributed by atoms with Crippen LogP contribution < -0.4 is 15.6 Å². The lowest BCUT2D eigenvalue weighted by atomic mass is 10.1. The summed E-state index contributed by atoms with van der Waals surface area (Å²) in [6, 6.07) is 3.53. The molecule has 0 atom stereocenters. The monoisotopic (exact) mass is 430 g/mol. The molecule has 0 aromatic carbocycles. The maximum absolute atomic E-state index is 13.0. The first-order chi connectivity index (χ1) is 14.2. The quantitative estimate of drug-likeness (QED) is 0.650. The number of rotatable bonds is 6. The van der Waals surface area contributed by atoms with Crippen molar-refractivity contribution < 1.29 is 9.53 Å². The summed E-state index contributed by atoms with van der Waals surface area (Å²) in [4.78, 5) is 32.2. The van der Waals surface area contributed by atoms with Gasteiger partial charge < -0.3 is 14.6 Å². The number of thiazole rings is 1. The summed E-state index contributed by atoms with van der Waals surface area (Å²) in [5.41, 5.74) is 2.32. The van der Waals surface area contributed by atoms with Crippen LogP contribution in [-0.2, 0) is 26.1 Å². The van der Waals surface area contributed by atoms with Crippen LogP contribution in [0.3, 0.4) is 0 Å². The van der Waals surface area contributed by atoms with Crippen LogP contribution in [0.4, 0.5) is 0 Å². The largest absolute Gasteiger partial charge is 0.496 e. The summed E-state index contributed by atoms with van der Waals surface area (Å²) >= 11 is 3.17. The van der Waals surface area contributed by atoms with Crippen LogP contribution in [0.5, 0.6) is 5.75 Å². The molecule has 0 saturated heterocycles. The second kappa shape index (κ2) is 8.89. The molecule has 0 spiro atoms. The highest BCUT2D eigenvalue weighted by Crippen LogP contribution is 2.23. The van der Waals surface area contributed by atoms with Gasteiger partial charge in [0.25, 0.3) is 11.5 Å². The number of nitrogens with one attached hydrogen (secondary N) is 1. The number of thiophene rings is 1. The molecule has 1 N–H and O–H groups in total. The third kappa shape index (κ3) is 4.42. The van der Waals surface area contributed by atoms with Crippen LogP contribution in [-0.4, -0.2) is 40.6 Å². The van der Waals surface area contributed by atoms with Gasteiger partial charge in [0.15, 0.2) is 0 Å². The highest BCUT2D eigenvalue weighted by Gasteiger charge is 2.25. The highest BCUT2D eigenvalue weighted by molar-refractivity contribution is 7.09. The molecule has 0 fully saturated rings. The molecule has 0 aliphatic carbocycles. The summed E-state index contributed by atoms with van der Waals surface area (Å²) in [7, 11) is 1.49. The zero-order valence-corrected chi connectivity index (χ0v) is 17.7. The van der Waals surface area contributed by atoms with Crippen LogP contribution >= 0.6 is 22.7 Å². The average Bonchev–Trinajstić information content (AvgIpc) is 3.38. The van der Waals surface area contributed by atoms with Crippen molar-refractivity contribution in [1.29, 1.82) is 0 Å². The Balaban J connectivity index is 1.59. The van der Waals surface area contributed by atoms with E-state index in [0.717, 1.165) is 30.3 Å². The number of carbonyl (C=O) groups is 1. The van der Waals surface area contributed by atoms with Gasteiger partial charge in [-0.25, -0.2) is 4.98 Å². The zero-order chi connectivity index (χ0) is 20.2. The Bertz CT molecular complexity index is 1030. The molecule has 0 bridgehead atoms. The number of fused-ring (bicyclic) bond motifs is 1. The SMILES string of the molecule is COc1cc(=O)n2c(c1C(=O)NCc1nccs1)CCN(Cc1ccsc1)CC2. The van der Waals surface area contributed by atoms with E-state index < -0.39 is 0 Å². The smallest absolute Gasteiger partial charge is 0.257 e. The van der Waals surface area contributed by atoms with E-state index in [0.29, 0.717) is 30.8 Å². The lowest BCUT2D eigenvalue weighted by Gasteiger charge is -2.18. The van der Waals surface area contributed by atoms with Gasteiger partial charge in [-0.05, 0) is 22.4 Å². The van der Waals surface area contributed by atoms with Crippen LogP contribution in [0.25, 0.3) is 0 Å². The average molecular weight is 431 g/mol. The van der Waals surface area contributed by atoms with Gasteiger partial charge >= 0.3 is 0 Å². The molecular formula is C20H22N4O3S2. The van der Waals surface area contributed by atoms with E-state index in [4.69, 9.17) is 4.74 Å². The minimum atomic E-state index is -0.243. The molecule has 152 valence electrons. The van der Waals surface area contributed by atoms with Crippen molar-refractivity contribution in [3.8, 4) is 5.75 Å². The maximum Gasteiger partial charge on any atom is 0.257 e. The lowest BCUT2D eigenvalue weighted by molar-refractivity contribution is 0.0945. The Morgan fingerprint density at radius 1 is 1.31 bits per heavy atom. The van der Waals surface area contributed by atoms with E-state index in [-0.39, 0.29) is 11.5 Å². The molecule has 1 aliphatic heterocycles. The molecule has 7 nitrogen and oxygen atoms in total. The van der Waals surface area contributed by atoms with E-state index in [1.165, 1.54) is 30.1 Å². The zero-order valence-electron chi connectivity index (χ0n) is 16.1. The molecular weight excluding hydrogens is 408 g/mol. The summed E-state index contributed by atoms with van der Waals surface area (Å²) in [5, 5.41) is 9.84. The van der Waals surface area contributed by atoms with E-state index >= 15 is 0 Å². The fourth-order valence-electron chi connectivity index (χ4n) is 3.58. The van der Waals surface area contributed by atoms with Gasteiger partial charge in [-0.2, -0.15) is 11.3 Å². The standard InChI is InChI=1S/C20H22N4O3S2/c1-27-16-10-18(25)24-7-6-23(12-14-3-8-28-13-14)5-2-15(24)19(16)20(26)22-11-17-21-4-9-29-17/h3-4,8-10,13H,2,5-7,11-12H2,1H3,(H,22,26). The van der Waals surface area contributed by atoms with Crippen molar-refractivity contribution in [2.45, 2.75) is 26.1 Å². The number of carbonyl (C=O) groups excluding carboxylic acids is 1. The fourth-order valence-corrected chi connectivity index (χ4v) is 4.80. The number of methoxy groups -OCH3 is 1. The van der Waals surface area contributed by atoms with Crippen molar-refractivity contribution in [2.24, 2.45) is 0 Å². The van der Waals surface area contributed by atoms with Gasteiger partial charge in [0.05, 0.1) is 13.7 Å². The lowest BCUT2D eigenvalue weighted by Crippen LogP contribution is -2.31. The second-order valence-corrected chi connectivity index (χ2v) is 8.55. The minimum Gasteiger partial charge on any atom is -0.496 e. The summed E-state index contributed by atoms with van der Waals surface area (Å²) in [6.45, 7) is 3.27. The van der Waals surface area contributed by atoms with Crippen molar-refractivity contribution in [3.05, 3.63) is 66.7 Å². The minimum absolute atomic E-state index is 0.134. The van der Waals surface area contributed by atoms with E-state index in [1.54, 1.807) is 22.1 Å². The van der Waals surface area contributed by atoms with Crippen molar-refractivity contribution in [1.82, 2.24) is 19.8 Å². The number of aromatic nitrogens is 2. The number of amides is 1. The van der Waals surface area contributed by atoms with Crippen molar-refractivity contribution in [3.63, 3.8) is 0 Å². The molecule has 3 aromatic rings. The van der Waals surface area contributed by atoms with Crippen LogP contribution in [0.2, 0.25) is 0 Å². The first-order valence-corrected chi connectivity index (χ1v) is 11.2. The topological polar surface area (TPSA) is 76.5 Å². The molecule has 4 heterocycles. The molecule has 0 unspecified atom stereocenters. The van der Waals surface area contributed by atoms with E-state index in [9.17, 15) is 9.59 Å². The molecule has 1 amide bonds. The maximum atomic E-state index is 13.0. The first kappa shape index (κ1) is 19.8. The fraction of sp³-hybridized carbons (Fsp3) is 0.350. The molecule has 29 heavy (non-hydrogen) atoms. The van der Waals surface area contributed by atoms with Crippen molar-refractivity contribution in [2.75, 3.05) is 20.2 Å². The van der Waals surface area contributed by atoms with Crippen LogP contribution in [0.1, 0.15) is 26.6 Å². The Hall–Kier alpha value is -2.49. The summed E-state index contributed by atoms with van der Waals surface area (Å²) < 4.78 is 7.12. The Labute approximate surface area is 176 Å². The molecule has 0 radical (unpaired) electrons. The van der Waals surface area contributed by atoms with Crippen molar-refractivity contribution >= 4 is 28.6 Å². The third-order valence-electron chi connectivity index (χ3n) is 5.00. The number of pyridine rings is 1. The normalized spacial score (nSPS) is 14.2. The molecule has 1 aliphatic rings. The number of nitrogens with zero attached hydrogens (tertiary/aromatic N) is 3. The molecule has 9 heteroatoms. The van der Waals surface area contributed by atoms with Gasteiger partial charge in [-0.15, -0.1) is 11.3 Å². The number of hydrogen-bond acceptors (Lipinski definition) is 7. The number of ether oxygens (including phenoxy) is 1. The third-order valence-corrected chi connectivity index (χ3v) is 6.51. The van der Waals surface area contributed by atoms with E-state index in [2.05, 4.69) is 32.0 Å². The highest BCUT2D eigenvalue weighted by atomic mass is 32.1. The second-order valence-electron chi connectivity index (χ2n) is 6.79. The summed E-state index contributed by atoms with van der Waals surface area (Å²) in [5.74, 6) is 0.0799. The van der Waals surface area contributed by atoms with Gasteiger partial charge in [0, 0.05) is 55.9 Å². The predicted molar refractivity (Wildman–Crippen MR) is 114 cm³/mol. The van der Waals surface area contributed by atoms with Crippen LogP contribution in [0, 0.1) is 0 Å². The molecule has 3 aromatic heterocycles. The van der Waals surface area contributed by atoms with Gasteiger partial charge in [-0.3, -0.25) is 14.5 Å². The Kier molecular flexibility index (Phi) is 6.08. The first-order valence-electron chi connectivity index (χ1n) is 9.36. The summed E-state index contributed by atoms with van der Waals surface area (Å²) in [6.07, 6.45) is 2.32. The Morgan fingerprint density at radius 3 is 2.93 bits per heavy atom.